The Bertz CT molecular complexity index is 934. The molecule has 2 N–H and O–H groups in total. The molecule has 1 saturated heterocycles. The number of hydrogen-bond donors (Lipinski definition) is 2. The van der Waals surface area contributed by atoms with Crippen molar-refractivity contribution < 1.29 is 23.4 Å². The number of likely N-dealkylation sites (tertiary alicyclic amines) is 1. The van der Waals surface area contributed by atoms with Crippen molar-refractivity contribution >= 4 is 15.9 Å². The van der Waals surface area contributed by atoms with Gasteiger partial charge in [-0.15, -0.1) is 0 Å². The summed E-state index contributed by atoms with van der Waals surface area (Å²) in [6, 6.07) is 1.96. The maximum absolute atomic E-state index is 13.0. The molecule has 0 radical (unpaired) electrons. The molecule has 1 fully saturated rings. The van der Waals surface area contributed by atoms with Gasteiger partial charge in [0.15, 0.2) is 5.60 Å². The molecule has 1 atom stereocenters. The molecule has 1 aliphatic heterocycles. The third kappa shape index (κ3) is 4.39. The third-order valence-electron chi connectivity index (χ3n) is 4.99. The van der Waals surface area contributed by atoms with Crippen LogP contribution in [0.15, 0.2) is 33.7 Å². The molecule has 1 amide bonds. The molecule has 0 aromatic rings. The summed E-state index contributed by atoms with van der Waals surface area (Å²) in [5, 5.41) is 29.1. The summed E-state index contributed by atoms with van der Waals surface area (Å²) < 4.78 is 27.3. The largest absolute Gasteiger partial charge is 0.396 e. The van der Waals surface area contributed by atoms with E-state index in [9.17, 15) is 18.3 Å². The fourth-order valence-corrected chi connectivity index (χ4v) is 4.96. The van der Waals surface area contributed by atoms with Crippen LogP contribution in [0.1, 0.15) is 46.0 Å². The second-order valence-electron chi connectivity index (χ2n) is 6.92. The van der Waals surface area contributed by atoms with Gasteiger partial charge in [0, 0.05) is 31.8 Å². The minimum Gasteiger partial charge on any atom is -0.396 e. The van der Waals surface area contributed by atoms with Crippen LogP contribution >= 0.6 is 0 Å². The summed E-state index contributed by atoms with van der Waals surface area (Å²) >= 11 is 0. The molecule has 0 bridgehead atoms. The van der Waals surface area contributed by atoms with Crippen molar-refractivity contribution in [2.75, 3.05) is 26.2 Å². The van der Waals surface area contributed by atoms with Gasteiger partial charge in [-0.2, -0.15) is 9.57 Å². The molecule has 9 heteroatoms. The summed E-state index contributed by atoms with van der Waals surface area (Å²) in [6.07, 6.45) is 2.81. The quantitative estimate of drug-likeness (QED) is 0.381. The highest BCUT2D eigenvalue weighted by Crippen LogP contribution is 2.42. The van der Waals surface area contributed by atoms with E-state index in [0.29, 0.717) is 25.8 Å². The van der Waals surface area contributed by atoms with Crippen LogP contribution in [0.4, 0.5) is 0 Å². The predicted molar refractivity (Wildman–Crippen MR) is 106 cm³/mol. The number of rotatable bonds is 11. The Morgan fingerprint density at radius 2 is 2.03 bits per heavy atom. The van der Waals surface area contributed by atoms with Crippen molar-refractivity contribution in [2.24, 2.45) is 0 Å². The molecule has 1 heterocycles. The Kier molecular flexibility index (Phi) is 7.61. The number of nitriles is 1. The highest BCUT2D eigenvalue weighted by molar-refractivity contribution is 7.93. The summed E-state index contributed by atoms with van der Waals surface area (Å²) in [5.41, 5.74) is 3.85. The van der Waals surface area contributed by atoms with E-state index < -0.39 is 21.5 Å². The van der Waals surface area contributed by atoms with Crippen molar-refractivity contribution in [3.05, 3.63) is 33.7 Å². The first-order valence-electron chi connectivity index (χ1n) is 9.78. The van der Waals surface area contributed by atoms with Gasteiger partial charge in [0.25, 0.3) is 15.9 Å². The molecule has 2 aliphatic rings. The molecule has 0 spiro atoms. The highest BCUT2D eigenvalue weighted by Gasteiger charge is 2.52. The van der Waals surface area contributed by atoms with E-state index in [2.05, 4.69) is 11.5 Å². The first-order valence-corrected chi connectivity index (χ1v) is 11.2. The van der Waals surface area contributed by atoms with Crippen LogP contribution in [0.2, 0.25) is 0 Å². The van der Waals surface area contributed by atoms with Gasteiger partial charge in [-0.25, -0.2) is 8.42 Å². The number of carbonyl (C=O) groups excluding carboxylic acids is 1. The van der Waals surface area contributed by atoms with Crippen LogP contribution in [0, 0.1) is 11.3 Å². The predicted octanol–water partition coefficient (Wildman–Crippen LogP) is 1.16. The molecule has 1 aliphatic carbocycles. The van der Waals surface area contributed by atoms with Gasteiger partial charge in [0.2, 0.25) is 0 Å². The summed E-state index contributed by atoms with van der Waals surface area (Å²) in [4.78, 5) is 14.1. The van der Waals surface area contributed by atoms with Gasteiger partial charge in [0.05, 0.1) is 12.5 Å². The molecule has 0 saturated carbocycles. The van der Waals surface area contributed by atoms with Gasteiger partial charge in [-0.05, 0) is 43.2 Å². The summed E-state index contributed by atoms with van der Waals surface area (Å²) in [7, 11) is -3.85. The lowest BCUT2D eigenvalue weighted by atomic mass is 9.88. The van der Waals surface area contributed by atoms with Gasteiger partial charge >= 0.3 is 0 Å². The van der Waals surface area contributed by atoms with Crippen LogP contribution in [0.3, 0.4) is 0 Å². The van der Waals surface area contributed by atoms with E-state index >= 15 is 0 Å². The minimum atomic E-state index is -3.85. The van der Waals surface area contributed by atoms with E-state index in [0.717, 1.165) is 0 Å². The Balaban J connectivity index is 2.55. The lowest BCUT2D eigenvalue weighted by Gasteiger charge is -2.23. The lowest BCUT2D eigenvalue weighted by molar-refractivity contribution is -0.141. The molecule has 8 nitrogen and oxygen atoms in total. The van der Waals surface area contributed by atoms with Crippen molar-refractivity contribution in [1.82, 2.24) is 9.21 Å². The monoisotopic (exact) mass is 421 g/mol. The van der Waals surface area contributed by atoms with Crippen LogP contribution in [0.25, 0.3) is 0 Å². The minimum absolute atomic E-state index is 0.0340. The van der Waals surface area contributed by atoms with Crippen LogP contribution in [-0.2, 0) is 14.8 Å². The van der Waals surface area contributed by atoms with E-state index in [-0.39, 0.29) is 48.7 Å². The number of nitrogens with zero attached hydrogens (tertiary/aromatic N) is 3. The Morgan fingerprint density at radius 3 is 2.62 bits per heavy atom. The summed E-state index contributed by atoms with van der Waals surface area (Å²) in [6.45, 7) is 4.24. The van der Waals surface area contributed by atoms with Gasteiger partial charge in [-0.3, -0.25) is 4.79 Å². The molecule has 0 aromatic carbocycles. The molecule has 2 rings (SSSR count). The number of sulfonamides is 1. The number of hydrogen-bond acceptors (Lipinski definition) is 6. The zero-order valence-electron chi connectivity index (χ0n) is 16.8. The van der Waals surface area contributed by atoms with E-state index in [1.807, 2.05) is 13.0 Å². The van der Waals surface area contributed by atoms with Crippen LogP contribution in [-0.4, -0.2) is 65.6 Å². The molecule has 29 heavy (non-hydrogen) atoms. The van der Waals surface area contributed by atoms with Crippen molar-refractivity contribution in [3.8, 4) is 6.07 Å². The Hall–Kier alpha value is -2.17. The number of aliphatic hydroxyl groups excluding tert-OH is 1. The fourth-order valence-electron chi connectivity index (χ4n) is 3.48. The number of amides is 1. The Labute approximate surface area is 171 Å². The molecular weight excluding hydrogens is 394 g/mol. The fraction of sp³-hybridized carbons (Fsp3) is 0.600. The van der Waals surface area contributed by atoms with Gasteiger partial charge in [0.1, 0.15) is 10.6 Å². The van der Waals surface area contributed by atoms with E-state index in [1.165, 1.54) is 15.3 Å². The average molecular weight is 422 g/mol. The van der Waals surface area contributed by atoms with Crippen molar-refractivity contribution in [3.63, 3.8) is 0 Å². The van der Waals surface area contributed by atoms with E-state index in [1.54, 1.807) is 6.92 Å². The average Bonchev–Trinajstić information content (AvgIpc) is 2.91. The zero-order valence-corrected chi connectivity index (χ0v) is 17.6. The third-order valence-corrected chi connectivity index (χ3v) is 6.88. The molecule has 0 aromatic heterocycles. The number of aliphatic hydroxyl groups is 2. The summed E-state index contributed by atoms with van der Waals surface area (Å²) in [5.74, 6) is -0.610. The van der Waals surface area contributed by atoms with Gasteiger partial charge in [-0.1, -0.05) is 13.8 Å². The van der Waals surface area contributed by atoms with Gasteiger partial charge < -0.3 is 15.1 Å². The standard InChI is InChI=1S/C20H27N3O5S/c1-3-12-22(4-2)29(27,28)16-8-9-18-17(15-16)20(26,10-5-6-14-24)19(25)23(18)13-7-11-21/h15,24,26H,3-7,10,12-14H2,1-2H3. The Morgan fingerprint density at radius 1 is 1.31 bits per heavy atom. The zero-order chi connectivity index (χ0) is 21.7. The number of allylic oxidation sites excluding steroid dienone is 1. The first kappa shape index (κ1) is 23.1. The van der Waals surface area contributed by atoms with Crippen molar-refractivity contribution in [1.29, 1.82) is 5.26 Å². The highest BCUT2D eigenvalue weighted by atomic mass is 32.2. The molecule has 158 valence electrons. The van der Waals surface area contributed by atoms with Crippen molar-refractivity contribution in [2.45, 2.75) is 51.6 Å². The second kappa shape index (κ2) is 9.55. The SMILES string of the molecule is CCCN(CC)S(=O)(=O)C1=C=C=C2C(=C1)C(O)(CCCCO)C(=O)N2CCC#N. The maximum atomic E-state index is 13.0. The van der Waals surface area contributed by atoms with Crippen LogP contribution in [0.5, 0.6) is 0 Å². The molecule has 1 unspecified atom stereocenters. The van der Waals surface area contributed by atoms with Crippen LogP contribution < -0.4 is 0 Å². The number of fused-ring (bicyclic) bond motifs is 1. The second-order valence-corrected chi connectivity index (χ2v) is 8.83. The normalized spacial score (nSPS) is 21.0. The van der Waals surface area contributed by atoms with E-state index in [4.69, 9.17) is 10.4 Å². The number of carbonyl (C=O) groups is 1. The smallest absolute Gasteiger partial charge is 0.264 e. The molecular formula is C20H27N3O5S. The maximum Gasteiger partial charge on any atom is 0.264 e. The lowest BCUT2D eigenvalue weighted by Crippen LogP contribution is -2.41. The number of unbranched alkanes of at least 4 members (excludes halogenated alkanes) is 1. The topological polar surface area (TPSA) is 122 Å². The first-order chi connectivity index (χ1) is 13.8.